The second-order valence-corrected chi connectivity index (χ2v) is 8.88. The van der Waals surface area contributed by atoms with Crippen molar-refractivity contribution in [3.63, 3.8) is 0 Å². The summed E-state index contributed by atoms with van der Waals surface area (Å²) in [7, 11) is 2.60. The van der Waals surface area contributed by atoms with E-state index in [1.807, 2.05) is 32.0 Å². The zero-order valence-corrected chi connectivity index (χ0v) is 22.2. The van der Waals surface area contributed by atoms with Gasteiger partial charge in [0.15, 0.2) is 18.1 Å². The Morgan fingerprint density at radius 3 is 2.26 bits per heavy atom. The molecule has 2 aromatic carbocycles. The van der Waals surface area contributed by atoms with Crippen LogP contribution >= 0.6 is 11.3 Å². The lowest BCUT2D eigenvalue weighted by atomic mass is 9.97. The summed E-state index contributed by atoms with van der Waals surface area (Å²) in [5, 5.41) is 16.0. The quantitative estimate of drug-likeness (QED) is 0.214. The second-order valence-electron chi connectivity index (χ2n) is 8.00. The number of hydrogen-bond donors (Lipinski definition) is 1. The first kappa shape index (κ1) is 28.1. The van der Waals surface area contributed by atoms with Gasteiger partial charge in [0.25, 0.3) is 11.6 Å². The maximum Gasteiger partial charge on any atom is 0.345 e. The Bertz CT molecular complexity index is 1400. The van der Waals surface area contributed by atoms with Crippen LogP contribution in [0.25, 0.3) is 11.1 Å². The van der Waals surface area contributed by atoms with Crippen LogP contribution in [-0.4, -0.2) is 50.2 Å². The van der Waals surface area contributed by atoms with Crippen molar-refractivity contribution in [3.8, 4) is 22.6 Å². The number of rotatable bonds is 10. The standard InChI is InChI=1S/C26H26N2O9S/c1-6-36-26(31)23-18(16-8-7-14(2)9-15(16)3)13-38-24(23)27-22(29)12-37-25(30)17-10-20(34-4)21(35-5)11-19(17)28(32)33/h7-11,13H,6,12H2,1-5H3,(H,27,29). The van der Waals surface area contributed by atoms with Crippen LogP contribution in [0.1, 0.15) is 38.8 Å². The predicted octanol–water partition coefficient (Wildman–Crippen LogP) is 4.93. The fourth-order valence-electron chi connectivity index (χ4n) is 3.72. The fourth-order valence-corrected chi connectivity index (χ4v) is 4.69. The van der Waals surface area contributed by atoms with Crippen LogP contribution in [0, 0.1) is 24.0 Å². The molecular formula is C26H26N2O9S. The second kappa shape index (κ2) is 12.2. The fraction of sp³-hybridized carbons (Fsp3) is 0.269. The molecule has 0 saturated carbocycles. The highest BCUT2D eigenvalue weighted by atomic mass is 32.1. The molecule has 0 spiro atoms. The monoisotopic (exact) mass is 542 g/mol. The Hall–Kier alpha value is -4.45. The lowest BCUT2D eigenvalue weighted by molar-refractivity contribution is -0.385. The molecule has 200 valence electrons. The minimum absolute atomic E-state index is 0.0531. The number of nitrogens with one attached hydrogen (secondary N) is 1. The molecule has 0 aliphatic rings. The van der Waals surface area contributed by atoms with Crippen LogP contribution in [0.5, 0.6) is 11.5 Å². The third-order valence-electron chi connectivity index (χ3n) is 5.45. The summed E-state index contributed by atoms with van der Waals surface area (Å²) in [5.41, 5.74) is 2.59. The topological polar surface area (TPSA) is 143 Å². The van der Waals surface area contributed by atoms with Gasteiger partial charge in [-0.1, -0.05) is 23.8 Å². The molecule has 11 nitrogen and oxygen atoms in total. The molecule has 0 atom stereocenters. The van der Waals surface area contributed by atoms with Gasteiger partial charge in [0.1, 0.15) is 16.1 Å². The minimum Gasteiger partial charge on any atom is -0.493 e. The van der Waals surface area contributed by atoms with Crippen LogP contribution in [-0.2, 0) is 14.3 Å². The number of aryl methyl sites for hydroxylation is 2. The SMILES string of the molecule is CCOC(=O)c1c(-c2ccc(C)cc2C)csc1NC(=O)COC(=O)c1cc(OC)c(OC)cc1[N+](=O)[O-]. The number of anilines is 1. The van der Waals surface area contributed by atoms with Gasteiger partial charge in [-0.05, 0) is 31.9 Å². The number of nitrogens with zero attached hydrogens (tertiary/aromatic N) is 1. The van der Waals surface area contributed by atoms with Gasteiger partial charge >= 0.3 is 11.9 Å². The summed E-state index contributed by atoms with van der Waals surface area (Å²) in [6.45, 7) is 4.92. The minimum atomic E-state index is -1.11. The van der Waals surface area contributed by atoms with Crippen molar-refractivity contribution in [2.24, 2.45) is 0 Å². The van der Waals surface area contributed by atoms with E-state index in [1.165, 1.54) is 14.2 Å². The van der Waals surface area contributed by atoms with E-state index in [0.29, 0.717) is 5.56 Å². The lowest BCUT2D eigenvalue weighted by Gasteiger charge is -2.12. The number of esters is 2. The molecule has 12 heteroatoms. The van der Waals surface area contributed by atoms with E-state index in [9.17, 15) is 24.5 Å². The molecular weight excluding hydrogens is 516 g/mol. The number of amides is 1. The molecule has 0 fully saturated rings. The van der Waals surface area contributed by atoms with Gasteiger partial charge in [-0.3, -0.25) is 14.9 Å². The summed E-state index contributed by atoms with van der Waals surface area (Å²) in [6.07, 6.45) is 0. The highest BCUT2D eigenvalue weighted by Crippen LogP contribution is 2.38. The average Bonchev–Trinajstić information content (AvgIpc) is 3.29. The number of ether oxygens (including phenoxy) is 4. The molecule has 0 saturated heterocycles. The van der Waals surface area contributed by atoms with Crippen molar-refractivity contribution in [3.05, 3.63) is 68.1 Å². The van der Waals surface area contributed by atoms with Crippen molar-refractivity contribution >= 4 is 39.9 Å². The van der Waals surface area contributed by atoms with Crippen molar-refractivity contribution in [2.75, 3.05) is 32.8 Å². The Balaban J connectivity index is 1.83. The third kappa shape index (κ3) is 6.09. The van der Waals surface area contributed by atoms with E-state index in [0.717, 1.165) is 40.2 Å². The van der Waals surface area contributed by atoms with Crippen molar-refractivity contribution in [2.45, 2.75) is 20.8 Å². The number of carbonyl (C=O) groups excluding carboxylic acids is 3. The smallest absolute Gasteiger partial charge is 0.345 e. The molecule has 0 bridgehead atoms. The van der Waals surface area contributed by atoms with Crippen LogP contribution < -0.4 is 14.8 Å². The molecule has 0 aliphatic heterocycles. The third-order valence-corrected chi connectivity index (χ3v) is 6.34. The maximum absolute atomic E-state index is 12.8. The summed E-state index contributed by atoms with van der Waals surface area (Å²) >= 11 is 1.12. The van der Waals surface area contributed by atoms with Gasteiger partial charge in [0, 0.05) is 17.0 Å². The Morgan fingerprint density at radius 2 is 1.66 bits per heavy atom. The molecule has 3 aromatic rings. The summed E-state index contributed by atoms with van der Waals surface area (Å²) in [4.78, 5) is 48.8. The van der Waals surface area contributed by atoms with Crippen LogP contribution in [0.2, 0.25) is 0 Å². The van der Waals surface area contributed by atoms with E-state index in [4.69, 9.17) is 18.9 Å². The van der Waals surface area contributed by atoms with Gasteiger partial charge in [0.2, 0.25) is 0 Å². The molecule has 38 heavy (non-hydrogen) atoms. The number of methoxy groups -OCH3 is 2. The number of thiophene rings is 1. The first-order valence-corrected chi connectivity index (χ1v) is 12.2. The highest BCUT2D eigenvalue weighted by molar-refractivity contribution is 7.15. The molecule has 1 N–H and O–H groups in total. The molecule has 1 aromatic heterocycles. The van der Waals surface area contributed by atoms with Gasteiger partial charge in [0.05, 0.1) is 31.8 Å². The van der Waals surface area contributed by atoms with Crippen molar-refractivity contribution in [1.82, 2.24) is 0 Å². The Morgan fingerprint density at radius 1 is 0.974 bits per heavy atom. The molecule has 1 heterocycles. The summed E-state index contributed by atoms with van der Waals surface area (Å²) in [6, 6.07) is 7.92. The van der Waals surface area contributed by atoms with Crippen LogP contribution in [0.15, 0.2) is 35.7 Å². The van der Waals surface area contributed by atoms with E-state index >= 15 is 0 Å². The van der Waals surface area contributed by atoms with E-state index < -0.39 is 40.6 Å². The van der Waals surface area contributed by atoms with Gasteiger partial charge in [-0.25, -0.2) is 9.59 Å². The zero-order chi connectivity index (χ0) is 28.0. The average molecular weight is 543 g/mol. The highest BCUT2D eigenvalue weighted by Gasteiger charge is 2.27. The van der Waals surface area contributed by atoms with Gasteiger partial charge in [-0.2, -0.15) is 0 Å². The Labute approximate surface area is 222 Å². The normalized spacial score (nSPS) is 10.4. The first-order valence-electron chi connectivity index (χ1n) is 11.3. The number of nitro groups is 1. The van der Waals surface area contributed by atoms with E-state index in [1.54, 1.807) is 12.3 Å². The molecule has 0 radical (unpaired) electrons. The lowest BCUT2D eigenvalue weighted by Crippen LogP contribution is -2.22. The van der Waals surface area contributed by atoms with Crippen molar-refractivity contribution < 1.29 is 38.3 Å². The van der Waals surface area contributed by atoms with E-state index in [2.05, 4.69) is 5.32 Å². The Kier molecular flexibility index (Phi) is 9.02. The van der Waals surface area contributed by atoms with Gasteiger partial charge in [-0.15, -0.1) is 11.3 Å². The van der Waals surface area contributed by atoms with Gasteiger partial charge < -0.3 is 24.3 Å². The number of hydrogen-bond acceptors (Lipinski definition) is 10. The molecule has 1 amide bonds. The largest absolute Gasteiger partial charge is 0.493 e. The van der Waals surface area contributed by atoms with Crippen LogP contribution in [0.4, 0.5) is 10.7 Å². The summed E-state index contributed by atoms with van der Waals surface area (Å²) in [5.74, 6) is -2.35. The number of carbonyl (C=O) groups is 3. The number of benzene rings is 2. The van der Waals surface area contributed by atoms with E-state index in [-0.39, 0.29) is 28.7 Å². The van der Waals surface area contributed by atoms with Crippen LogP contribution in [0.3, 0.4) is 0 Å². The molecule has 0 unspecified atom stereocenters. The summed E-state index contributed by atoms with van der Waals surface area (Å²) < 4.78 is 20.4. The zero-order valence-electron chi connectivity index (χ0n) is 21.4. The first-order chi connectivity index (χ1) is 18.1. The maximum atomic E-state index is 12.8. The predicted molar refractivity (Wildman–Crippen MR) is 140 cm³/mol. The molecule has 3 rings (SSSR count). The van der Waals surface area contributed by atoms with Crippen molar-refractivity contribution in [1.29, 1.82) is 0 Å². The number of nitro benzene ring substituents is 1. The molecule has 0 aliphatic carbocycles.